The molecule has 3 fully saturated rings. The molecule has 13 heteroatoms. The fourth-order valence-corrected chi connectivity index (χ4v) is 6.87. The molecule has 0 saturated carbocycles. The third-order valence-electron chi connectivity index (χ3n) is 8.59. The predicted molar refractivity (Wildman–Crippen MR) is 144 cm³/mol. The van der Waals surface area contributed by atoms with Gasteiger partial charge in [-0.3, -0.25) is 19.1 Å². The highest BCUT2D eigenvalue weighted by molar-refractivity contribution is 6.11. The van der Waals surface area contributed by atoms with Gasteiger partial charge in [0, 0.05) is 44.2 Å². The Kier molecular flexibility index (Phi) is 6.45. The second-order valence-corrected chi connectivity index (χ2v) is 11.8. The molecule has 4 aliphatic heterocycles. The number of piperidine rings is 1. The van der Waals surface area contributed by atoms with E-state index in [0.717, 1.165) is 32.1 Å². The van der Waals surface area contributed by atoms with Crippen LogP contribution in [0, 0.1) is 11.7 Å². The van der Waals surface area contributed by atoms with E-state index < -0.39 is 17.9 Å². The molecule has 3 unspecified atom stereocenters. The number of nitrogen functional groups attached to an aromatic ring is 1. The molecule has 2 aromatic heterocycles. The zero-order valence-electron chi connectivity index (χ0n) is 22.4. The van der Waals surface area contributed by atoms with Gasteiger partial charge in [0.25, 0.3) is 5.91 Å². The van der Waals surface area contributed by atoms with E-state index in [0.29, 0.717) is 43.8 Å². The van der Waals surface area contributed by atoms with E-state index in [1.165, 1.54) is 10.9 Å². The molecule has 11 nitrogen and oxygen atoms in total. The lowest BCUT2D eigenvalue weighted by molar-refractivity contribution is -0.137. The average Bonchev–Trinajstić information content (AvgIpc) is 3.41. The number of likely N-dealkylation sites (tertiary alicyclic amines) is 1. The summed E-state index contributed by atoms with van der Waals surface area (Å²) in [6.45, 7) is 2.67. The smallest absolute Gasteiger partial charge is 0.267 e. The zero-order valence-corrected chi connectivity index (χ0v) is 22.4. The van der Waals surface area contributed by atoms with Gasteiger partial charge in [0.1, 0.15) is 12.2 Å². The van der Waals surface area contributed by atoms with Crippen molar-refractivity contribution >= 4 is 34.8 Å². The Hall–Kier alpha value is -3.32. The monoisotopic (exact) mass is 544 g/mol. The van der Waals surface area contributed by atoms with Crippen molar-refractivity contribution < 1.29 is 18.4 Å². The lowest BCUT2D eigenvalue weighted by Crippen LogP contribution is -2.55. The molecule has 39 heavy (non-hydrogen) atoms. The van der Waals surface area contributed by atoms with Crippen molar-refractivity contribution in [2.24, 2.45) is 5.92 Å². The summed E-state index contributed by atoms with van der Waals surface area (Å²) in [5, 5.41) is 10.6. The van der Waals surface area contributed by atoms with Crippen molar-refractivity contribution in [3.8, 4) is 0 Å². The van der Waals surface area contributed by atoms with Crippen LogP contribution in [-0.2, 0) is 11.3 Å². The highest BCUT2D eigenvalue weighted by Gasteiger charge is 2.42. The Labute approximate surface area is 225 Å². The molecule has 6 rings (SSSR count). The van der Waals surface area contributed by atoms with Crippen LogP contribution < -0.4 is 25.8 Å². The molecule has 0 aliphatic carbocycles. The Morgan fingerprint density at radius 2 is 1.79 bits per heavy atom. The van der Waals surface area contributed by atoms with Gasteiger partial charge in [-0.15, -0.1) is 5.10 Å². The van der Waals surface area contributed by atoms with Crippen molar-refractivity contribution in [3.05, 3.63) is 23.8 Å². The van der Waals surface area contributed by atoms with Gasteiger partial charge in [-0.2, -0.15) is 0 Å². The number of piperazine rings is 1. The van der Waals surface area contributed by atoms with Crippen LogP contribution in [0.15, 0.2) is 12.4 Å². The van der Waals surface area contributed by atoms with E-state index in [4.69, 9.17) is 5.73 Å². The third kappa shape index (κ3) is 4.71. The Bertz CT molecular complexity index is 1280. The molecule has 0 spiro atoms. The third-order valence-corrected chi connectivity index (χ3v) is 8.59. The number of halogens is 2. The summed E-state index contributed by atoms with van der Waals surface area (Å²) in [6.07, 6.45) is 4.86. The number of nitrogens with two attached hydrogens (primary N) is 1. The van der Waals surface area contributed by atoms with E-state index in [9.17, 15) is 14.0 Å². The van der Waals surface area contributed by atoms with Gasteiger partial charge in [-0.25, -0.2) is 13.5 Å². The van der Waals surface area contributed by atoms with Crippen molar-refractivity contribution in [2.75, 3.05) is 62.8 Å². The van der Waals surface area contributed by atoms with Crippen molar-refractivity contribution in [1.29, 1.82) is 0 Å². The molecule has 0 radical (unpaired) electrons. The molecule has 2 amide bonds. The van der Waals surface area contributed by atoms with Crippen LogP contribution in [0.3, 0.4) is 0 Å². The summed E-state index contributed by atoms with van der Waals surface area (Å²) in [4.78, 5) is 34.5. The van der Waals surface area contributed by atoms with Crippen molar-refractivity contribution in [2.45, 2.75) is 50.5 Å². The van der Waals surface area contributed by atoms with Crippen LogP contribution >= 0.6 is 0 Å². The number of alkyl halides is 1. The summed E-state index contributed by atoms with van der Waals surface area (Å²) < 4.78 is 31.0. The van der Waals surface area contributed by atoms with Gasteiger partial charge < -0.3 is 26.2 Å². The topological polar surface area (TPSA) is 121 Å². The van der Waals surface area contributed by atoms with E-state index in [1.54, 1.807) is 14.1 Å². The largest absolute Gasteiger partial charge is 0.381 e. The van der Waals surface area contributed by atoms with Crippen molar-refractivity contribution in [3.63, 3.8) is 0 Å². The minimum atomic E-state index is -1.11. The van der Waals surface area contributed by atoms with Gasteiger partial charge >= 0.3 is 0 Å². The average molecular weight is 545 g/mol. The standard InChI is InChI=1S/C26H35F2N9O2/c1-37(2)14-16(27)11-36-25(37)21(23(29)33-36)24(38)32-20-10-30-9-19(28)22(20)34-7-5-15(6-8-34)26(39)35-12-17-3-4-18(13-35)31-17/h9-10,15-18,31H,3-8,11-14H2,1-2H3,(H2-,29,32,33,38)/p+1. The lowest BCUT2D eigenvalue weighted by Gasteiger charge is -2.39. The predicted octanol–water partition coefficient (Wildman–Crippen LogP) is 1.35. The van der Waals surface area contributed by atoms with E-state index in [1.807, 2.05) is 9.80 Å². The van der Waals surface area contributed by atoms with E-state index in [-0.39, 0.29) is 52.2 Å². The maximum Gasteiger partial charge on any atom is 0.267 e. The summed E-state index contributed by atoms with van der Waals surface area (Å²) >= 11 is 0. The van der Waals surface area contributed by atoms with Gasteiger partial charge in [-0.1, -0.05) is 0 Å². The van der Waals surface area contributed by atoms with Crippen LogP contribution in [0.25, 0.3) is 0 Å². The minimum Gasteiger partial charge on any atom is -0.381 e. The highest BCUT2D eigenvalue weighted by Crippen LogP contribution is 2.36. The van der Waals surface area contributed by atoms with Crippen molar-refractivity contribution in [1.82, 2.24) is 29.5 Å². The molecule has 210 valence electrons. The van der Waals surface area contributed by atoms with Crippen LogP contribution in [0.5, 0.6) is 0 Å². The number of nitrogens with one attached hydrogen (secondary N) is 2. The normalized spacial score (nSPS) is 26.4. The molecule has 6 heterocycles. The number of quaternary nitrogens is 1. The van der Waals surface area contributed by atoms with Crippen LogP contribution in [0.1, 0.15) is 36.0 Å². The van der Waals surface area contributed by atoms with Crippen LogP contribution in [0.4, 0.5) is 31.8 Å². The molecular weight excluding hydrogens is 508 g/mol. The maximum absolute atomic E-state index is 15.2. The summed E-state index contributed by atoms with van der Waals surface area (Å²) in [7, 11) is 3.59. The Balaban J connectivity index is 1.18. The quantitative estimate of drug-likeness (QED) is 0.497. The van der Waals surface area contributed by atoms with Crippen LogP contribution in [-0.4, -0.2) is 96.6 Å². The van der Waals surface area contributed by atoms with E-state index >= 15 is 4.39 Å². The van der Waals surface area contributed by atoms with E-state index in [2.05, 4.69) is 20.7 Å². The second-order valence-electron chi connectivity index (χ2n) is 11.8. The Morgan fingerprint density at radius 1 is 1.10 bits per heavy atom. The number of carbonyl (C=O) groups is 2. The van der Waals surface area contributed by atoms with Crippen LogP contribution in [0.2, 0.25) is 0 Å². The highest BCUT2D eigenvalue weighted by atomic mass is 19.1. The first kappa shape index (κ1) is 25.9. The fraction of sp³-hybridized carbons (Fsp3) is 0.615. The lowest BCUT2D eigenvalue weighted by atomic mass is 9.94. The zero-order chi connectivity index (χ0) is 27.5. The number of nitrogens with zero attached hydrogens (tertiary/aromatic N) is 6. The van der Waals surface area contributed by atoms with Gasteiger partial charge in [0.05, 0.1) is 38.7 Å². The van der Waals surface area contributed by atoms with Gasteiger partial charge in [-0.05, 0) is 25.7 Å². The number of hydrogen-bond acceptors (Lipinski definition) is 7. The SMILES string of the molecule is C[N+]1(C)CC(F)Cn2nc(N)c(C(=O)Nc3cncc(F)c3N3CCC(C(=O)N4CC5CCC(C4)N5)CC3)c21. The second kappa shape index (κ2) is 9.70. The minimum absolute atomic E-state index is 0.00520. The number of carbonyl (C=O) groups excluding carboxylic acids is 2. The van der Waals surface area contributed by atoms with Gasteiger partial charge in [0.15, 0.2) is 23.4 Å². The first-order chi connectivity index (χ1) is 18.6. The molecule has 4 aliphatic rings. The summed E-state index contributed by atoms with van der Waals surface area (Å²) in [5.41, 5.74) is 6.72. The summed E-state index contributed by atoms with van der Waals surface area (Å²) in [6, 6.07) is 0.784. The number of pyridine rings is 1. The molecule has 0 aromatic carbocycles. The molecule has 3 saturated heterocycles. The molecular formula is C26H36F2N9O2+. The number of aromatic nitrogens is 3. The maximum atomic E-state index is 15.2. The number of fused-ring (bicyclic) bond motifs is 3. The number of hydrogen-bond donors (Lipinski definition) is 3. The number of amides is 2. The first-order valence-corrected chi connectivity index (χ1v) is 13.7. The molecule has 2 bridgehead atoms. The fourth-order valence-electron chi connectivity index (χ4n) is 6.87. The molecule has 2 aromatic rings. The Morgan fingerprint density at radius 3 is 2.49 bits per heavy atom. The summed E-state index contributed by atoms with van der Waals surface area (Å²) in [5.74, 6) is -0.518. The number of rotatable bonds is 4. The molecule has 4 N–H and O–H groups in total. The van der Waals surface area contributed by atoms with Gasteiger partial charge in [0.2, 0.25) is 11.7 Å². The first-order valence-electron chi connectivity index (χ1n) is 13.7. The molecule has 3 atom stereocenters. The number of anilines is 3.